The average molecular weight is 325 g/mol. The third-order valence-corrected chi connectivity index (χ3v) is 4.08. The van der Waals surface area contributed by atoms with Gasteiger partial charge in [-0.05, 0) is 45.0 Å². The zero-order valence-electron chi connectivity index (χ0n) is 14.3. The lowest BCUT2D eigenvalue weighted by Crippen LogP contribution is -2.34. The third-order valence-electron chi connectivity index (χ3n) is 4.08. The summed E-state index contributed by atoms with van der Waals surface area (Å²) < 4.78 is 7.41. The van der Waals surface area contributed by atoms with E-state index >= 15 is 0 Å². The van der Waals surface area contributed by atoms with Crippen LogP contribution in [0.5, 0.6) is 0 Å². The number of nitrogens with zero attached hydrogens (tertiary/aromatic N) is 2. The van der Waals surface area contributed by atoms with Crippen LogP contribution in [0.1, 0.15) is 29.7 Å². The van der Waals surface area contributed by atoms with Gasteiger partial charge in [0.2, 0.25) is 0 Å². The molecule has 0 spiro atoms. The first-order valence-electron chi connectivity index (χ1n) is 8.06. The van der Waals surface area contributed by atoms with E-state index in [0.29, 0.717) is 18.8 Å². The van der Waals surface area contributed by atoms with Gasteiger partial charge in [0, 0.05) is 24.8 Å². The Morgan fingerprint density at radius 2 is 1.92 bits per heavy atom. The molecular formula is C19H23N3O2. The summed E-state index contributed by atoms with van der Waals surface area (Å²) in [6, 6.07) is 13.7. The summed E-state index contributed by atoms with van der Waals surface area (Å²) in [6.07, 6.45) is 2.02. The molecule has 0 bridgehead atoms. The van der Waals surface area contributed by atoms with Crippen molar-refractivity contribution >= 4 is 0 Å². The summed E-state index contributed by atoms with van der Waals surface area (Å²) >= 11 is 0. The van der Waals surface area contributed by atoms with Crippen molar-refractivity contribution in [3.05, 3.63) is 71.4 Å². The summed E-state index contributed by atoms with van der Waals surface area (Å²) in [6.45, 7) is 6.64. The molecule has 0 fully saturated rings. The van der Waals surface area contributed by atoms with Crippen LogP contribution in [0, 0.1) is 13.8 Å². The van der Waals surface area contributed by atoms with Crippen LogP contribution in [-0.2, 0) is 12.1 Å². The number of para-hydroxylation sites is 1. The van der Waals surface area contributed by atoms with Gasteiger partial charge in [-0.15, -0.1) is 0 Å². The fourth-order valence-electron chi connectivity index (χ4n) is 2.63. The molecule has 0 saturated heterocycles. The van der Waals surface area contributed by atoms with E-state index in [1.54, 1.807) is 6.92 Å². The molecule has 2 aromatic heterocycles. The smallest absolute Gasteiger partial charge is 0.136 e. The van der Waals surface area contributed by atoms with Crippen LogP contribution < -0.4 is 5.32 Å². The van der Waals surface area contributed by atoms with Gasteiger partial charge in [-0.3, -0.25) is 0 Å². The Hall–Kier alpha value is -2.37. The first-order valence-corrected chi connectivity index (χ1v) is 8.06. The maximum Gasteiger partial charge on any atom is 0.136 e. The van der Waals surface area contributed by atoms with Crippen molar-refractivity contribution in [3.63, 3.8) is 0 Å². The summed E-state index contributed by atoms with van der Waals surface area (Å²) in [7, 11) is 0. The monoisotopic (exact) mass is 325 g/mol. The molecule has 2 heterocycles. The van der Waals surface area contributed by atoms with Crippen LogP contribution in [0.3, 0.4) is 0 Å². The van der Waals surface area contributed by atoms with E-state index in [2.05, 4.69) is 10.4 Å². The van der Waals surface area contributed by atoms with E-state index in [1.807, 2.05) is 67.2 Å². The lowest BCUT2D eigenvalue weighted by atomic mass is 10.0. The molecule has 0 radical (unpaired) electrons. The van der Waals surface area contributed by atoms with Crippen molar-refractivity contribution in [2.24, 2.45) is 0 Å². The number of hydrogen-bond donors (Lipinski definition) is 2. The summed E-state index contributed by atoms with van der Waals surface area (Å²) in [4.78, 5) is 0. The molecule has 5 nitrogen and oxygen atoms in total. The molecule has 126 valence electrons. The van der Waals surface area contributed by atoms with E-state index in [9.17, 15) is 5.11 Å². The van der Waals surface area contributed by atoms with Gasteiger partial charge in [0.05, 0.1) is 11.4 Å². The maximum atomic E-state index is 10.6. The molecule has 0 aliphatic heterocycles. The van der Waals surface area contributed by atoms with Crippen molar-refractivity contribution < 1.29 is 9.52 Å². The second kappa shape index (κ2) is 6.63. The highest BCUT2D eigenvalue weighted by molar-refractivity contribution is 5.32. The topological polar surface area (TPSA) is 63.2 Å². The van der Waals surface area contributed by atoms with Crippen LogP contribution in [-0.4, -0.2) is 21.4 Å². The number of furan rings is 1. The van der Waals surface area contributed by atoms with Crippen LogP contribution in [0.25, 0.3) is 5.69 Å². The molecule has 3 aromatic rings. The molecule has 0 saturated carbocycles. The predicted octanol–water partition coefficient (Wildman–Crippen LogP) is 3.08. The molecule has 5 heteroatoms. The number of aromatic nitrogens is 2. The SMILES string of the molecule is Cc1ccc(C(C)(O)CNCc2cn(-c3ccccc3)nc2C)o1. The van der Waals surface area contributed by atoms with E-state index in [0.717, 1.165) is 22.7 Å². The van der Waals surface area contributed by atoms with Crippen molar-refractivity contribution in [2.75, 3.05) is 6.54 Å². The van der Waals surface area contributed by atoms with Gasteiger partial charge < -0.3 is 14.8 Å². The Morgan fingerprint density at radius 1 is 1.17 bits per heavy atom. The molecule has 3 rings (SSSR count). The van der Waals surface area contributed by atoms with Crippen LogP contribution in [0.2, 0.25) is 0 Å². The van der Waals surface area contributed by atoms with Crippen LogP contribution >= 0.6 is 0 Å². The lowest BCUT2D eigenvalue weighted by Gasteiger charge is -2.21. The quantitative estimate of drug-likeness (QED) is 0.731. The number of aryl methyl sites for hydroxylation is 2. The number of benzene rings is 1. The van der Waals surface area contributed by atoms with Crippen molar-refractivity contribution in [3.8, 4) is 5.69 Å². The predicted molar refractivity (Wildman–Crippen MR) is 93.0 cm³/mol. The molecule has 1 atom stereocenters. The molecule has 1 unspecified atom stereocenters. The first kappa shape index (κ1) is 16.5. The Balaban J connectivity index is 1.64. The fraction of sp³-hybridized carbons (Fsp3) is 0.316. The highest BCUT2D eigenvalue weighted by Gasteiger charge is 2.26. The van der Waals surface area contributed by atoms with E-state index < -0.39 is 5.60 Å². The number of hydrogen-bond acceptors (Lipinski definition) is 4. The number of aliphatic hydroxyl groups is 1. The summed E-state index contributed by atoms with van der Waals surface area (Å²) in [5.74, 6) is 1.37. The minimum Gasteiger partial charge on any atom is -0.463 e. The minimum absolute atomic E-state index is 0.399. The van der Waals surface area contributed by atoms with Crippen molar-refractivity contribution in [2.45, 2.75) is 32.9 Å². The number of rotatable bonds is 6. The summed E-state index contributed by atoms with van der Waals surface area (Å²) in [5.41, 5.74) is 2.06. The minimum atomic E-state index is -1.04. The van der Waals surface area contributed by atoms with Crippen molar-refractivity contribution in [1.29, 1.82) is 0 Å². The molecule has 1 aromatic carbocycles. The van der Waals surface area contributed by atoms with Crippen molar-refractivity contribution in [1.82, 2.24) is 15.1 Å². The average Bonchev–Trinajstić information content (AvgIpc) is 3.15. The lowest BCUT2D eigenvalue weighted by molar-refractivity contribution is 0.0332. The van der Waals surface area contributed by atoms with Gasteiger partial charge in [-0.2, -0.15) is 5.10 Å². The molecular weight excluding hydrogens is 302 g/mol. The highest BCUT2D eigenvalue weighted by Crippen LogP contribution is 2.22. The Bertz CT molecular complexity index is 803. The zero-order valence-corrected chi connectivity index (χ0v) is 14.3. The standard InChI is InChI=1S/C19H23N3O2/c1-14-9-10-18(24-14)19(3,23)13-20-11-16-12-22(21-15(16)2)17-7-5-4-6-8-17/h4-10,12,20,23H,11,13H2,1-3H3. The van der Waals surface area contributed by atoms with Gasteiger partial charge in [-0.25, -0.2) is 4.68 Å². The zero-order chi connectivity index (χ0) is 17.2. The van der Waals surface area contributed by atoms with E-state index in [1.165, 1.54) is 0 Å². The maximum absolute atomic E-state index is 10.6. The molecule has 0 amide bonds. The Labute approximate surface area is 141 Å². The number of nitrogens with one attached hydrogen (secondary N) is 1. The van der Waals surface area contributed by atoms with E-state index in [-0.39, 0.29) is 0 Å². The third kappa shape index (κ3) is 3.58. The largest absolute Gasteiger partial charge is 0.463 e. The molecule has 0 aliphatic carbocycles. The second-order valence-corrected chi connectivity index (χ2v) is 6.31. The summed E-state index contributed by atoms with van der Waals surface area (Å²) in [5, 5.41) is 18.4. The highest BCUT2D eigenvalue weighted by atomic mass is 16.4. The second-order valence-electron chi connectivity index (χ2n) is 6.31. The molecule has 2 N–H and O–H groups in total. The molecule has 0 aliphatic rings. The van der Waals surface area contributed by atoms with Gasteiger partial charge >= 0.3 is 0 Å². The normalized spacial score (nSPS) is 13.8. The van der Waals surface area contributed by atoms with Gasteiger partial charge in [0.1, 0.15) is 17.1 Å². The van der Waals surface area contributed by atoms with Gasteiger partial charge in [-0.1, -0.05) is 18.2 Å². The Morgan fingerprint density at radius 3 is 2.58 bits per heavy atom. The Kier molecular flexibility index (Phi) is 4.55. The fourth-order valence-corrected chi connectivity index (χ4v) is 2.63. The van der Waals surface area contributed by atoms with Gasteiger partial charge in [0.15, 0.2) is 0 Å². The molecule has 24 heavy (non-hydrogen) atoms. The van der Waals surface area contributed by atoms with Gasteiger partial charge in [0.25, 0.3) is 0 Å². The first-order chi connectivity index (χ1) is 11.5. The van der Waals surface area contributed by atoms with E-state index in [4.69, 9.17) is 4.42 Å². The van der Waals surface area contributed by atoms with Crippen LogP contribution in [0.15, 0.2) is 53.1 Å². The van der Waals surface area contributed by atoms with Crippen LogP contribution in [0.4, 0.5) is 0 Å².